The molecule has 2 aromatic carbocycles. The molecule has 1 amide bonds. The molecule has 0 spiro atoms. The fraction of sp³-hybridized carbons (Fsp3) is 0.375. The van der Waals surface area contributed by atoms with Crippen molar-refractivity contribution >= 4 is 21.6 Å². The van der Waals surface area contributed by atoms with Crippen molar-refractivity contribution in [2.24, 2.45) is 0 Å². The highest BCUT2D eigenvalue weighted by molar-refractivity contribution is 7.92. The van der Waals surface area contributed by atoms with Gasteiger partial charge in [0.05, 0.1) is 11.9 Å². The predicted octanol–water partition coefficient (Wildman–Crippen LogP) is 4.52. The number of carbonyl (C=O) groups is 1. The lowest BCUT2D eigenvalue weighted by Crippen LogP contribution is -2.32. The Hall–Kier alpha value is -2.60. The van der Waals surface area contributed by atoms with Crippen molar-refractivity contribution in [3.05, 3.63) is 66.2 Å². The fourth-order valence-corrected chi connectivity index (χ4v) is 4.74. The number of para-hydroxylation sites is 1. The second kappa shape index (κ2) is 10.4. The van der Waals surface area contributed by atoms with Crippen LogP contribution >= 0.6 is 0 Å². The molecule has 0 heterocycles. The first-order valence-electron chi connectivity index (χ1n) is 10.5. The zero-order valence-corrected chi connectivity index (χ0v) is 18.3. The molecule has 0 aromatic heterocycles. The van der Waals surface area contributed by atoms with Crippen LogP contribution in [0, 0.1) is 0 Å². The summed E-state index contributed by atoms with van der Waals surface area (Å²) >= 11 is 0. The average molecular weight is 427 g/mol. The van der Waals surface area contributed by atoms with Crippen LogP contribution in [-0.2, 0) is 14.8 Å². The maximum atomic E-state index is 12.5. The standard InChI is InChI=1S/C24H30N2O3S/c1-30(28,29)26(18-10-17-24(27)25-19-20-11-4-2-5-12-20)23-16-9-8-15-22(23)21-13-6-3-7-14-21/h3,6-9,11,13-16H,2,4-5,10,12,17-19H2,1H3,(H,25,27). The van der Waals surface area contributed by atoms with Crippen LogP contribution in [0.5, 0.6) is 0 Å². The third-order valence-electron chi connectivity index (χ3n) is 5.32. The van der Waals surface area contributed by atoms with E-state index in [0.29, 0.717) is 25.1 Å². The summed E-state index contributed by atoms with van der Waals surface area (Å²) in [4.78, 5) is 12.2. The van der Waals surface area contributed by atoms with Gasteiger partial charge >= 0.3 is 0 Å². The van der Waals surface area contributed by atoms with Gasteiger partial charge in [0.25, 0.3) is 0 Å². The minimum Gasteiger partial charge on any atom is -0.352 e. The van der Waals surface area contributed by atoms with E-state index in [9.17, 15) is 13.2 Å². The Labute approximate surface area is 179 Å². The third kappa shape index (κ3) is 6.20. The van der Waals surface area contributed by atoms with Gasteiger partial charge in [0.2, 0.25) is 15.9 Å². The lowest BCUT2D eigenvalue weighted by atomic mass is 10.00. The normalized spacial score (nSPS) is 14.1. The topological polar surface area (TPSA) is 66.5 Å². The molecular weight excluding hydrogens is 396 g/mol. The van der Waals surface area contributed by atoms with Crippen molar-refractivity contribution in [1.82, 2.24) is 5.32 Å². The quantitative estimate of drug-likeness (QED) is 0.600. The molecule has 160 valence electrons. The lowest BCUT2D eigenvalue weighted by molar-refractivity contribution is -0.120. The van der Waals surface area contributed by atoms with Gasteiger partial charge in [-0.3, -0.25) is 9.10 Å². The number of rotatable bonds is 9. The zero-order valence-electron chi connectivity index (χ0n) is 17.5. The van der Waals surface area contributed by atoms with E-state index in [0.717, 1.165) is 24.0 Å². The fourth-order valence-electron chi connectivity index (χ4n) is 3.77. The number of hydrogen-bond acceptors (Lipinski definition) is 3. The van der Waals surface area contributed by atoms with Gasteiger partial charge in [-0.1, -0.05) is 60.2 Å². The molecular formula is C24H30N2O3S. The number of anilines is 1. The minimum absolute atomic E-state index is 0.0359. The van der Waals surface area contributed by atoms with Crippen LogP contribution < -0.4 is 9.62 Å². The van der Waals surface area contributed by atoms with Crippen molar-refractivity contribution in [2.75, 3.05) is 23.7 Å². The molecule has 0 fully saturated rings. The van der Waals surface area contributed by atoms with E-state index in [1.165, 1.54) is 29.0 Å². The Morgan fingerprint density at radius 2 is 1.77 bits per heavy atom. The number of hydrogen-bond donors (Lipinski definition) is 1. The zero-order chi connectivity index (χ0) is 21.4. The van der Waals surface area contributed by atoms with Crippen LogP contribution in [0.1, 0.15) is 38.5 Å². The number of nitrogens with one attached hydrogen (secondary N) is 1. The average Bonchev–Trinajstić information content (AvgIpc) is 2.76. The molecule has 1 aliphatic carbocycles. The van der Waals surface area contributed by atoms with E-state index in [1.54, 1.807) is 0 Å². The largest absolute Gasteiger partial charge is 0.352 e. The molecule has 5 nitrogen and oxygen atoms in total. The number of benzene rings is 2. The second-order valence-corrected chi connectivity index (χ2v) is 9.61. The molecule has 2 aromatic rings. The molecule has 0 unspecified atom stereocenters. The van der Waals surface area contributed by atoms with Crippen molar-refractivity contribution in [1.29, 1.82) is 0 Å². The molecule has 6 heteroatoms. The Morgan fingerprint density at radius 1 is 1.03 bits per heavy atom. The summed E-state index contributed by atoms with van der Waals surface area (Å²) in [5, 5.41) is 2.97. The van der Waals surface area contributed by atoms with E-state index in [4.69, 9.17) is 0 Å². The van der Waals surface area contributed by atoms with Crippen LogP contribution in [-0.4, -0.2) is 33.7 Å². The number of sulfonamides is 1. The van der Waals surface area contributed by atoms with Gasteiger partial charge in [-0.15, -0.1) is 0 Å². The summed E-state index contributed by atoms with van der Waals surface area (Å²) in [6.07, 6.45) is 8.75. The highest BCUT2D eigenvalue weighted by atomic mass is 32.2. The number of carbonyl (C=O) groups excluding carboxylic acids is 1. The number of nitrogens with zero attached hydrogens (tertiary/aromatic N) is 1. The SMILES string of the molecule is CS(=O)(=O)N(CCCC(=O)NCC1=CCCCC1)c1ccccc1-c1ccccc1. The molecule has 0 aliphatic heterocycles. The van der Waals surface area contributed by atoms with Crippen molar-refractivity contribution in [3.8, 4) is 11.1 Å². The summed E-state index contributed by atoms with van der Waals surface area (Å²) in [5.41, 5.74) is 3.75. The maximum absolute atomic E-state index is 12.5. The number of allylic oxidation sites excluding steroid dienone is 1. The Balaban J connectivity index is 1.65. The second-order valence-electron chi connectivity index (χ2n) is 7.71. The predicted molar refractivity (Wildman–Crippen MR) is 123 cm³/mol. The monoisotopic (exact) mass is 426 g/mol. The van der Waals surface area contributed by atoms with E-state index < -0.39 is 10.0 Å². The summed E-state index contributed by atoms with van der Waals surface area (Å²) < 4.78 is 26.5. The molecule has 1 aliphatic rings. The van der Waals surface area contributed by atoms with Crippen LogP contribution in [0.4, 0.5) is 5.69 Å². The molecule has 0 bridgehead atoms. The van der Waals surface area contributed by atoms with Crippen molar-refractivity contribution < 1.29 is 13.2 Å². The van der Waals surface area contributed by atoms with Crippen LogP contribution in [0.25, 0.3) is 11.1 Å². The van der Waals surface area contributed by atoms with Gasteiger partial charge in [-0.25, -0.2) is 8.42 Å². The Kier molecular flexibility index (Phi) is 7.69. The molecule has 0 saturated heterocycles. The lowest BCUT2D eigenvalue weighted by Gasteiger charge is -2.25. The van der Waals surface area contributed by atoms with Crippen LogP contribution in [0.2, 0.25) is 0 Å². The first-order chi connectivity index (χ1) is 14.4. The van der Waals surface area contributed by atoms with E-state index in [2.05, 4.69) is 11.4 Å². The van der Waals surface area contributed by atoms with E-state index in [-0.39, 0.29) is 12.5 Å². The maximum Gasteiger partial charge on any atom is 0.232 e. The van der Waals surface area contributed by atoms with Crippen LogP contribution in [0.15, 0.2) is 66.2 Å². The Morgan fingerprint density at radius 3 is 2.47 bits per heavy atom. The number of amides is 1. The smallest absolute Gasteiger partial charge is 0.232 e. The molecule has 0 saturated carbocycles. The van der Waals surface area contributed by atoms with Gasteiger partial charge in [0.15, 0.2) is 0 Å². The first-order valence-corrected chi connectivity index (χ1v) is 12.4. The molecule has 0 radical (unpaired) electrons. The molecule has 3 rings (SSSR count). The van der Waals surface area contributed by atoms with Crippen molar-refractivity contribution in [3.63, 3.8) is 0 Å². The Bertz CT molecular complexity index is 985. The summed E-state index contributed by atoms with van der Waals surface area (Å²) in [6, 6.07) is 17.2. The van der Waals surface area contributed by atoms with Gasteiger partial charge in [0, 0.05) is 25.1 Å². The van der Waals surface area contributed by atoms with Gasteiger partial charge in [-0.2, -0.15) is 0 Å². The van der Waals surface area contributed by atoms with Crippen LogP contribution in [0.3, 0.4) is 0 Å². The molecule has 30 heavy (non-hydrogen) atoms. The summed E-state index contributed by atoms with van der Waals surface area (Å²) in [6.45, 7) is 0.865. The van der Waals surface area contributed by atoms with Gasteiger partial charge in [0.1, 0.15) is 0 Å². The first kappa shape index (κ1) is 22.1. The molecule has 0 atom stereocenters. The highest BCUT2D eigenvalue weighted by Crippen LogP contribution is 2.32. The highest BCUT2D eigenvalue weighted by Gasteiger charge is 2.21. The van der Waals surface area contributed by atoms with Gasteiger partial charge in [-0.05, 0) is 43.7 Å². The van der Waals surface area contributed by atoms with Gasteiger partial charge < -0.3 is 5.32 Å². The summed E-state index contributed by atoms with van der Waals surface area (Å²) in [5.74, 6) is -0.0359. The third-order valence-corrected chi connectivity index (χ3v) is 6.50. The van der Waals surface area contributed by atoms with Crippen molar-refractivity contribution in [2.45, 2.75) is 38.5 Å². The van der Waals surface area contributed by atoms with E-state index in [1.807, 2.05) is 54.6 Å². The summed E-state index contributed by atoms with van der Waals surface area (Å²) in [7, 11) is -3.48. The molecule has 1 N–H and O–H groups in total. The van der Waals surface area contributed by atoms with E-state index >= 15 is 0 Å². The minimum atomic E-state index is -3.48.